The Morgan fingerprint density at radius 2 is 1.91 bits per heavy atom. The topological polar surface area (TPSA) is 20.3 Å². The second kappa shape index (κ2) is 4.94. The summed E-state index contributed by atoms with van der Waals surface area (Å²) in [7, 11) is 1.80. The van der Waals surface area contributed by atoms with Crippen molar-refractivity contribution < 1.29 is 4.79 Å². The summed E-state index contributed by atoms with van der Waals surface area (Å²) in [5.74, 6) is 0.223. The van der Waals surface area contributed by atoms with Gasteiger partial charge in [-0.05, 0) is 13.3 Å². The number of hydrogen-bond acceptors (Lipinski definition) is 1. The van der Waals surface area contributed by atoms with Gasteiger partial charge in [-0.25, -0.2) is 0 Å². The van der Waals surface area contributed by atoms with Crippen molar-refractivity contribution in [3.05, 3.63) is 11.8 Å². The smallest absolute Gasteiger partial charge is 0.226 e. The van der Waals surface area contributed by atoms with Crippen molar-refractivity contribution in [1.82, 2.24) is 4.90 Å². The van der Waals surface area contributed by atoms with Crippen molar-refractivity contribution in [1.29, 1.82) is 0 Å². The van der Waals surface area contributed by atoms with Gasteiger partial charge < -0.3 is 4.90 Å². The van der Waals surface area contributed by atoms with Crippen LogP contribution in [0.2, 0.25) is 0 Å². The highest BCUT2D eigenvalue weighted by Gasteiger charge is 2.11. The van der Waals surface area contributed by atoms with Gasteiger partial charge in [-0.15, -0.1) is 0 Å². The molecule has 0 saturated heterocycles. The van der Waals surface area contributed by atoms with Crippen LogP contribution in [0.25, 0.3) is 0 Å². The lowest BCUT2D eigenvalue weighted by Gasteiger charge is -2.18. The van der Waals surface area contributed by atoms with Crippen molar-refractivity contribution in [2.45, 2.75) is 33.6 Å². The van der Waals surface area contributed by atoms with Crippen molar-refractivity contribution in [3.63, 3.8) is 0 Å². The minimum Gasteiger partial charge on any atom is -0.322 e. The summed E-state index contributed by atoms with van der Waals surface area (Å²) in [4.78, 5) is 12.5. The number of rotatable bonds is 0. The fourth-order valence-corrected chi connectivity index (χ4v) is 0.948. The molecular formula is C9H17NO. The van der Waals surface area contributed by atoms with Crippen molar-refractivity contribution in [3.8, 4) is 0 Å². The molecule has 1 aliphatic heterocycles. The Labute approximate surface area is 68.9 Å². The number of allylic oxidation sites excluding steroid dienone is 1. The van der Waals surface area contributed by atoms with E-state index in [9.17, 15) is 4.79 Å². The molecule has 0 aliphatic carbocycles. The molecule has 1 rings (SSSR count). The minimum atomic E-state index is 0.223. The van der Waals surface area contributed by atoms with Gasteiger partial charge in [-0.1, -0.05) is 19.4 Å². The monoisotopic (exact) mass is 155 g/mol. The molecule has 0 atom stereocenters. The fourth-order valence-electron chi connectivity index (χ4n) is 0.948. The summed E-state index contributed by atoms with van der Waals surface area (Å²) < 4.78 is 0. The molecule has 64 valence electrons. The second-order valence-corrected chi connectivity index (χ2v) is 2.48. The molecule has 0 bridgehead atoms. The van der Waals surface area contributed by atoms with E-state index >= 15 is 0 Å². The first-order chi connectivity index (χ1) is 5.20. The van der Waals surface area contributed by atoms with Crippen LogP contribution in [0.5, 0.6) is 0 Å². The predicted octanol–water partition coefficient (Wildman–Crippen LogP) is 2.17. The van der Waals surface area contributed by atoms with E-state index in [0.717, 1.165) is 6.42 Å². The van der Waals surface area contributed by atoms with Crippen LogP contribution in [0.1, 0.15) is 33.6 Å². The molecule has 1 heterocycles. The minimum absolute atomic E-state index is 0.223. The highest BCUT2D eigenvalue weighted by Crippen LogP contribution is 2.12. The van der Waals surface area contributed by atoms with Gasteiger partial charge in [0.15, 0.2) is 0 Å². The van der Waals surface area contributed by atoms with E-state index in [2.05, 4.69) is 0 Å². The van der Waals surface area contributed by atoms with Crippen LogP contribution in [0, 0.1) is 0 Å². The number of nitrogens with zero attached hydrogens (tertiary/aromatic N) is 1. The van der Waals surface area contributed by atoms with E-state index in [-0.39, 0.29) is 5.91 Å². The maximum atomic E-state index is 10.8. The Morgan fingerprint density at radius 1 is 1.36 bits per heavy atom. The van der Waals surface area contributed by atoms with E-state index in [0.29, 0.717) is 6.42 Å². The number of amides is 1. The van der Waals surface area contributed by atoms with Crippen LogP contribution in [0.15, 0.2) is 11.8 Å². The summed E-state index contributed by atoms with van der Waals surface area (Å²) in [6.45, 7) is 6.04. The van der Waals surface area contributed by atoms with Crippen LogP contribution in [0.3, 0.4) is 0 Å². The molecule has 0 aromatic carbocycles. The average molecular weight is 155 g/mol. The molecular weight excluding hydrogens is 138 g/mol. The van der Waals surface area contributed by atoms with E-state index in [1.165, 1.54) is 5.57 Å². The van der Waals surface area contributed by atoms with Gasteiger partial charge in [0.25, 0.3) is 0 Å². The van der Waals surface area contributed by atoms with E-state index in [1.807, 2.05) is 27.0 Å². The number of hydrogen-bond donors (Lipinski definition) is 0. The lowest BCUT2D eigenvalue weighted by atomic mass is 10.1. The second-order valence-electron chi connectivity index (χ2n) is 2.48. The molecule has 11 heavy (non-hydrogen) atoms. The van der Waals surface area contributed by atoms with Crippen molar-refractivity contribution >= 4 is 5.91 Å². The Bertz CT molecular complexity index is 161. The summed E-state index contributed by atoms with van der Waals surface area (Å²) in [6, 6.07) is 0. The summed E-state index contributed by atoms with van der Waals surface area (Å²) in [5.41, 5.74) is 1.29. The molecule has 0 fully saturated rings. The zero-order chi connectivity index (χ0) is 8.85. The van der Waals surface area contributed by atoms with E-state index in [1.54, 1.807) is 11.9 Å². The standard InChI is InChI=1S/C7H11NO.C2H6/c1-6-3-4-7(9)8(2)5-6;1-2/h5H,3-4H2,1-2H3;1-2H3. The maximum Gasteiger partial charge on any atom is 0.226 e. The maximum absolute atomic E-state index is 10.8. The van der Waals surface area contributed by atoms with Crippen molar-refractivity contribution in [2.75, 3.05) is 7.05 Å². The van der Waals surface area contributed by atoms with Crippen LogP contribution < -0.4 is 0 Å². The van der Waals surface area contributed by atoms with Gasteiger partial charge in [-0.3, -0.25) is 4.79 Å². The Morgan fingerprint density at radius 3 is 2.27 bits per heavy atom. The molecule has 0 aromatic rings. The molecule has 2 heteroatoms. The van der Waals surface area contributed by atoms with Crippen LogP contribution in [-0.2, 0) is 4.79 Å². The van der Waals surface area contributed by atoms with Gasteiger partial charge in [-0.2, -0.15) is 0 Å². The highest BCUT2D eigenvalue weighted by atomic mass is 16.2. The molecule has 2 nitrogen and oxygen atoms in total. The Balaban J connectivity index is 0.000000461. The lowest BCUT2D eigenvalue weighted by Crippen LogP contribution is -2.24. The van der Waals surface area contributed by atoms with Crippen LogP contribution in [-0.4, -0.2) is 17.9 Å². The third-order valence-corrected chi connectivity index (χ3v) is 1.54. The van der Waals surface area contributed by atoms with Crippen LogP contribution in [0.4, 0.5) is 0 Å². The zero-order valence-electron chi connectivity index (χ0n) is 7.85. The molecule has 0 saturated carbocycles. The largest absolute Gasteiger partial charge is 0.322 e. The third kappa shape index (κ3) is 3.21. The first-order valence-corrected chi connectivity index (χ1v) is 4.13. The summed E-state index contributed by atoms with van der Waals surface area (Å²) in [6.07, 6.45) is 3.51. The molecule has 1 amide bonds. The van der Waals surface area contributed by atoms with Gasteiger partial charge in [0.1, 0.15) is 0 Å². The number of carbonyl (C=O) groups is 1. The van der Waals surface area contributed by atoms with E-state index < -0.39 is 0 Å². The molecule has 0 radical (unpaired) electrons. The summed E-state index contributed by atoms with van der Waals surface area (Å²) >= 11 is 0. The SMILES string of the molecule is CC.CC1=CN(C)C(=O)CC1. The molecule has 0 unspecified atom stereocenters. The predicted molar refractivity (Wildman–Crippen MR) is 47.1 cm³/mol. The molecule has 1 aliphatic rings. The average Bonchev–Trinajstić information content (AvgIpc) is 2.02. The molecule has 0 spiro atoms. The molecule has 0 N–H and O–H groups in total. The Hall–Kier alpha value is -0.790. The zero-order valence-corrected chi connectivity index (χ0v) is 7.85. The Kier molecular flexibility index (Phi) is 4.59. The fraction of sp³-hybridized carbons (Fsp3) is 0.667. The first-order valence-electron chi connectivity index (χ1n) is 4.13. The van der Waals surface area contributed by atoms with Gasteiger partial charge in [0.2, 0.25) is 5.91 Å². The first kappa shape index (κ1) is 10.2. The van der Waals surface area contributed by atoms with Crippen molar-refractivity contribution in [2.24, 2.45) is 0 Å². The highest BCUT2D eigenvalue weighted by molar-refractivity contribution is 5.78. The quantitative estimate of drug-likeness (QED) is 0.525. The molecule has 0 aromatic heterocycles. The summed E-state index contributed by atoms with van der Waals surface area (Å²) in [5, 5.41) is 0. The number of carbonyl (C=O) groups excluding carboxylic acids is 1. The lowest BCUT2D eigenvalue weighted by molar-refractivity contribution is -0.128. The third-order valence-electron chi connectivity index (χ3n) is 1.54. The van der Waals surface area contributed by atoms with Gasteiger partial charge in [0, 0.05) is 19.7 Å². The van der Waals surface area contributed by atoms with Gasteiger partial charge in [0.05, 0.1) is 0 Å². The van der Waals surface area contributed by atoms with Gasteiger partial charge >= 0.3 is 0 Å². The van der Waals surface area contributed by atoms with Crippen LogP contribution >= 0.6 is 0 Å². The van der Waals surface area contributed by atoms with E-state index in [4.69, 9.17) is 0 Å². The normalized spacial score (nSPS) is 16.9.